The minimum Gasteiger partial charge on any atom is -0.312 e. The molecule has 2 aliphatic rings. The highest BCUT2D eigenvalue weighted by atomic mass is 15.3. The molecule has 1 N–H and O–H groups in total. The molecule has 2 atom stereocenters. The third-order valence-electron chi connectivity index (χ3n) is 4.80. The lowest BCUT2D eigenvalue weighted by Crippen LogP contribution is -2.46. The lowest BCUT2D eigenvalue weighted by Gasteiger charge is -2.31. The highest BCUT2D eigenvalue weighted by molar-refractivity contribution is 4.86. The summed E-state index contributed by atoms with van der Waals surface area (Å²) in [5.41, 5.74) is 0. The van der Waals surface area contributed by atoms with Crippen molar-refractivity contribution in [1.29, 1.82) is 0 Å². The Bertz CT molecular complexity index is 254. The van der Waals surface area contributed by atoms with Crippen molar-refractivity contribution in [2.24, 2.45) is 5.92 Å². The Hall–Kier alpha value is -0.120. The smallest absolute Gasteiger partial charge is 0.0223 e. The highest BCUT2D eigenvalue weighted by Crippen LogP contribution is 2.21. The van der Waals surface area contributed by atoms with Gasteiger partial charge in [0.2, 0.25) is 0 Å². The normalized spacial score (nSPS) is 27.5. The summed E-state index contributed by atoms with van der Waals surface area (Å²) < 4.78 is 0. The molecule has 0 spiro atoms. The Morgan fingerprint density at radius 1 is 1.16 bits per heavy atom. The number of fused-ring (bicyclic) bond motifs is 1. The Labute approximate surface area is 119 Å². The van der Waals surface area contributed by atoms with Crippen LogP contribution >= 0.6 is 0 Å². The van der Waals surface area contributed by atoms with Gasteiger partial charge in [0, 0.05) is 25.2 Å². The molecular formula is C16H33N3. The Balaban J connectivity index is 1.85. The third kappa shape index (κ3) is 4.44. The van der Waals surface area contributed by atoms with E-state index in [0.717, 1.165) is 18.5 Å². The summed E-state index contributed by atoms with van der Waals surface area (Å²) in [6.07, 6.45) is 5.43. The summed E-state index contributed by atoms with van der Waals surface area (Å²) >= 11 is 0. The molecule has 2 rings (SSSR count). The molecule has 112 valence electrons. The first kappa shape index (κ1) is 15.3. The quantitative estimate of drug-likeness (QED) is 0.796. The van der Waals surface area contributed by atoms with Crippen LogP contribution in [0.5, 0.6) is 0 Å². The molecule has 0 amide bonds. The summed E-state index contributed by atoms with van der Waals surface area (Å²) in [5, 5.41) is 3.74. The molecule has 0 aliphatic carbocycles. The largest absolute Gasteiger partial charge is 0.312 e. The van der Waals surface area contributed by atoms with Crippen molar-refractivity contribution in [3.05, 3.63) is 0 Å². The van der Waals surface area contributed by atoms with E-state index in [2.05, 4.69) is 35.9 Å². The first-order valence-electron chi connectivity index (χ1n) is 8.40. The van der Waals surface area contributed by atoms with Gasteiger partial charge >= 0.3 is 0 Å². The minimum atomic E-state index is 0.660. The standard InChI is InChI=1S/C16H33N3/c1-4-8-17-16(14(2)3)13-18-9-6-11-19-10-5-7-15(19)12-18/h14-17H,4-13H2,1-3H3. The summed E-state index contributed by atoms with van der Waals surface area (Å²) in [6.45, 7) is 14.6. The average molecular weight is 267 g/mol. The zero-order chi connectivity index (χ0) is 13.7. The average Bonchev–Trinajstić information content (AvgIpc) is 2.73. The Kier molecular flexibility index (Phi) is 6.11. The number of nitrogens with zero attached hydrogens (tertiary/aromatic N) is 2. The Morgan fingerprint density at radius 2 is 1.95 bits per heavy atom. The topological polar surface area (TPSA) is 18.5 Å². The van der Waals surface area contributed by atoms with E-state index in [1.165, 1.54) is 58.4 Å². The lowest BCUT2D eigenvalue weighted by atomic mass is 10.0. The Morgan fingerprint density at radius 3 is 2.68 bits per heavy atom. The van der Waals surface area contributed by atoms with Gasteiger partial charge in [-0.1, -0.05) is 20.8 Å². The fourth-order valence-corrected chi connectivity index (χ4v) is 3.57. The van der Waals surface area contributed by atoms with Crippen molar-refractivity contribution in [2.75, 3.05) is 39.3 Å². The summed E-state index contributed by atoms with van der Waals surface area (Å²) in [4.78, 5) is 5.45. The van der Waals surface area contributed by atoms with Gasteiger partial charge in [0.1, 0.15) is 0 Å². The lowest BCUT2D eigenvalue weighted by molar-refractivity contribution is 0.192. The van der Waals surface area contributed by atoms with Crippen LogP contribution in [0, 0.1) is 5.92 Å². The molecule has 2 saturated heterocycles. The first-order chi connectivity index (χ1) is 9.20. The van der Waals surface area contributed by atoms with Gasteiger partial charge in [0.15, 0.2) is 0 Å². The van der Waals surface area contributed by atoms with Gasteiger partial charge in [-0.2, -0.15) is 0 Å². The third-order valence-corrected chi connectivity index (χ3v) is 4.80. The maximum absolute atomic E-state index is 3.74. The van der Waals surface area contributed by atoms with Crippen LogP contribution in [0.1, 0.15) is 46.5 Å². The molecule has 0 aromatic rings. The van der Waals surface area contributed by atoms with Crippen molar-refractivity contribution in [2.45, 2.75) is 58.5 Å². The van der Waals surface area contributed by atoms with E-state index in [4.69, 9.17) is 0 Å². The maximum Gasteiger partial charge on any atom is 0.0223 e. The maximum atomic E-state index is 3.74. The monoisotopic (exact) mass is 267 g/mol. The zero-order valence-corrected chi connectivity index (χ0v) is 13.2. The van der Waals surface area contributed by atoms with Gasteiger partial charge in [-0.15, -0.1) is 0 Å². The van der Waals surface area contributed by atoms with E-state index in [1.54, 1.807) is 0 Å². The van der Waals surface area contributed by atoms with Gasteiger partial charge in [-0.3, -0.25) is 4.90 Å². The van der Waals surface area contributed by atoms with E-state index in [9.17, 15) is 0 Å². The van der Waals surface area contributed by atoms with Crippen molar-refractivity contribution in [3.8, 4) is 0 Å². The second-order valence-corrected chi connectivity index (χ2v) is 6.75. The van der Waals surface area contributed by atoms with E-state index >= 15 is 0 Å². The second-order valence-electron chi connectivity index (χ2n) is 6.75. The van der Waals surface area contributed by atoms with Crippen LogP contribution in [-0.4, -0.2) is 61.2 Å². The van der Waals surface area contributed by atoms with E-state index in [1.807, 2.05) is 0 Å². The highest BCUT2D eigenvalue weighted by Gasteiger charge is 2.29. The predicted molar refractivity (Wildman–Crippen MR) is 82.6 cm³/mol. The van der Waals surface area contributed by atoms with Crippen molar-refractivity contribution in [3.63, 3.8) is 0 Å². The van der Waals surface area contributed by atoms with Gasteiger partial charge in [0.05, 0.1) is 0 Å². The van der Waals surface area contributed by atoms with Crippen LogP contribution in [0.25, 0.3) is 0 Å². The first-order valence-corrected chi connectivity index (χ1v) is 8.40. The van der Waals surface area contributed by atoms with Crippen LogP contribution in [0.4, 0.5) is 0 Å². The second kappa shape index (κ2) is 7.61. The fraction of sp³-hybridized carbons (Fsp3) is 1.00. The van der Waals surface area contributed by atoms with Gasteiger partial charge in [-0.25, -0.2) is 0 Å². The molecule has 0 radical (unpaired) electrons. The molecule has 0 bridgehead atoms. The molecule has 3 nitrogen and oxygen atoms in total. The SMILES string of the molecule is CCCNC(CN1CCCN2CCCC2C1)C(C)C. The number of rotatable bonds is 6. The number of hydrogen-bond acceptors (Lipinski definition) is 3. The molecule has 0 aromatic carbocycles. The molecule has 2 unspecified atom stereocenters. The number of nitrogens with one attached hydrogen (secondary N) is 1. The molecule has 2 heterocycles. The van der Waals surface area contributed by atoms with Gasteiger partial charge in [0.25, 0.3) is 0 Å². The fourth-order valence-electron chi connectivity index (χ4n) is 3.57. The molecular weight excluding hydrogens is 234 g/mol. The van der Waals surface area contributed by atoms with Gasteiger partial charge < -0.3 is 10.2 Å². The minimum absolute atomic E-state index is 0.660. The van der Waals surface area contributed by atoms with Crippen LogP contribution in [0.3, 0.4) is 0 Å². The summed E-state index contributed by atoms with van der Waals surface area (Å²) in [7, 11) is 0. The summed E-state index contributed by atoms with van der Waals surface area (Å²) in [6, 6.07) is 1.51. The van der Waals surface area contributed by atoms with E-state index in [0.29, 0.717) is 6.04 Å². The molecule has 2 fully saturated rings. The van der Waals surface area contributed by atoms with Crippen molar-refractivity contribution >= 4 is 0 Å². The van der Waals surface area contributed by atoms with Crippen LogP contribution in [0.2, 0.25) is 0 Å². The molecule has 0 aromatic heterocycles. The van der Waals surface area contributed by atoms with Gasteiger partial charge in [-0.05, 0) is 57.8 Å². The van der Waals surface area contributed by atoms with Crippen molar-refractivity contribution in [1.82, 2.24) is 15.1 Å². The molecule has 3 heteroatoms. The predicted octanol–water partition coefficient (Wildman–Crippen LogP) is 2.18. The van der Waals surface area contributed by atoms with E-state index < -0.39 is 0 Å². The van der Waals surface area contributed by atoms with Crippen LogP contribution < -0.4 is 5.32 Å². The molecule has 19 heavy (non-hydrogen) atoms. The van der Waals surface area contributed by atoms with Crippen LogP contribution in [0.15, 0.2) is 0 Å². The van der Waals surface area contributed by atoms with Crippen molar-refractivity contribution < 1.29 is 0 Å². The molecule has 0 saturated carbocycles. The number of hydrogen-bond donors (Lipinski definition) is 1. The van der Waals surface area contributed by atoms with E-state index in [-0.39, 0.29) is 0 Å². The molecule has 2 aliphatic heterocycles. The van der Waals surface area contributed by atoms with Crippen LogP contribution in [-0.2, 0) is 0 Å². The zero-order valence-electron chi connectivity index (χ0n) is 13.2. The summed E-state index contributed by atoms with van der Waals surface area (Å²) in [5.74, 6) is 0.731.